The number of unbranched alkanes of at least 4 members (excludes halogenated alkanes) is 11. The van der Waals surface area contributed by atoms with E-state index in [9.17, 15) is 4.79 Å². The molecule has 0 bridgehead atoms. The summed E-state index contributed by atoms with van der Waals surface area (Å²) >= 11 is 0. The molecule has 2 unspecified atom stereocenters. The molecule has 142 valence electrons. The third-order valence-electron chi connectivity index (χ3n) is 4.58. The van der Waals surface area contributed by atoms with Crippen molar-refractivity contribution in [2.24, 2.45) is 5.73 Å². The number of nitrogens with two attached hydrogens (primary N) is 1. The van der Waals surface area contributed by atoms with Crippen LogP contribution in [0.4, 0.5) is 0 Å². The molecular weight excluding hydrogens is 313 g/mol. The SMILES string of the molecule is CCCCCCCC/C=C\CCCCCCCC(=O)C(N)CCP. The van der Waals surface area contributed by atoms with Gasteiger partial charge in [0.15, 0.2) is 0 Å². The first-order valence-electron chi connectivity index (χ1n) is 10.4. The number of Topliss-reactive ketones (excluding diaryl/α,β-unsaturated/α-hetero) is 1. The Morgan fingerprint density at radius 1 is 0.875 bits per heavy atom. The highest BCUT2D eigenvalue weighted by atomic mass is 31.0. The summed E-state index contributed by atoms with van der Waals surface area (Å²) in [5.74, 6) is 0.245. The van der Waals surface area contributed by atoms with Crippen LogP contribution in [0.5, 0.6) is 0 Å². The van der Waals surface area contributed by atoms with Crippen molar-refractivity contribution in [3.05, 3.63) is 12.2 Å². The summed E-state index contributed by atoms with van der Waals surface area (Å²) in [6.07, 6.45) is 23.9. The Labute approximate surface area is 153 Å². The molecule has 0 aromatic heterocycles. The number of hydrogen-bond donors (Lipinski definition) is 1. The molecule has 0 aliphatic carbocycles. The predicted molar refractivity (Wildman–Crippen MR) is 112 cm³/mol. The van der Waals surface area contributed by atoms with E-state index >= 15 is 0 Å². The number of rotatable bonds is 18. The maximum atomic E-state index is 11.7. The second kappa shape index (κ2) is 19.1. The Balaban J connectivity index is 3.24. The van der Waals surface area contributed by atoms with Crippen molar-refractivity contribution in [1.82, 2.24) is 0 Å². The average Bonchev–Trinajstić information content (AvgIpc) is 2.58. The van der Waals surface area contributed by atoms with E-state index in [0.717, 1.165) is 19.0 Å². The Kier molecular flexibility index (Phi) is 19.0. The summed E-state index contributed by atoms with van der Waals surface area (Å²) < 4.78 is 0. The van der Waals surface area contributed by atoms with E-state index in [4.69, 9.17) is 5.73 Å². The number of carbonyl (C=O) groups excluding carboxylic acids is 1. The third-order valence-corrected chi connectivity index (χ3v) is 4.91. The normalized spacial score (nSPS) is 12.8. The molecule has 0 radical (unpaired) electrons. The molecule has 0 spiro atoms. The van der Waals surface area contributed by atoms with Gasteiger partial charge in [-0.3, -0.25) is 4.79 Å². The van der Waals surface area contributed by atoms with E-state index in [1.165, 1.54) is 77.0 Å². The Hall–Kier alpha value is -0.200. The maximum Gasteiger partial charge on any atom is 0.149 e. The molecule has 0 fully saturated rings. The zero-order valence-electron chi connectivity index (χ0n) is 16.1. The van der Waals surface area contributed by atoms with E-state index < -0.39 is 0 Å². The van der Waals surface area contributed by atoms with Gasteiger partial charge in [-0.05, 0) is 44.7 Å². The number of ketones is 1. The summed E-state index contributed by atoms with van der Waals surface area (Å²) in [6, 6.07) is -0.237. The molecule has 0 saturated heterocycles. The van der Waals surface area contributed by atoms with Crippen molar-refractivity contribution in [2.75, 3.05) is 6.16 Å². The van der Waals surface area contributed by atoms with Crippen molar-refractivity contribution in [1.29, 1.82) is 0 Å². The van der Waals surface area contributed by atoms with Gasteiger partial charge in [0, 0.05) is 6.42 Å². The summed E-state index contributed by atoms with van der Waals surface area (Å²) in [4.78, 5) is 11.7. The lowest BCUT2D eigenvalue weighted by molar-refractivity contribution is -0.120. The van der Waals surface area contributed by atoms with Crippen LogP contribution in [0.1, 0.15) is 103 Å². The fourth-order valence-corrected chi connectivity index (χ4v) is 3.26. The average molecular weight is 356 g/mol. The molecule has 0 heterocycles. The first-order chi connectivity index (χ1) is 11.7. The summed E-state index contributed by atoms with van der Waals surface area (Å²) in [5, 5.41) is 0. The summed E-state index contributed by atoms with van der Waals surface area (Å²) in [6.45, 7) is 2.27. The molecule has 0 amide bonds. The van der Waals surface area contributed by atoms with E-state index in [-0.39, 0.29) is 11.8 Å². The van der Waals surface area contributed by atoms with Crippen molar-refractivity contribution in [3.8, 4) is 0 Å². The fraction of sp³-hybridized carbons (Fsp3) is 0.857. The zero-order valence-corrected chi connectivity index (χ0v) is 17.3. The van der Waals surface area contributed by atoms with Crippen LogP contribution in [0.3, 0.4) is 0 Å². The van der Waals surface area contributed by atoms with Crippen LogP contribution in [0.25, 0.3) is 0 Å². The fourth-order valence-electron chi connectivity index (χ4n) is 2.90. The van der Waals surface area contributed by atoms with E-state index in [2.05, 4.69) is 28.3 Å². The molecule has 2 atom stereocenters. The van der Waals surface area contributed by atoms with Gasteiger partial charge in [0.05, 0.1) is 6.04 Å². The minimum atomic E-state index is -0.237. The van der Waals surface area contributed by atoms with Crippen LogP contribution >= 0.6 is 9.24 Å². The molecule has 0 rings (SSSR count). The highest BCUT2D eigenvalue weighted by Gasteiger charge is 2.11. The van der Waals surface area contributed by atoms with Crippen molar-refractivity contribution >= 4 is 15.0 Å². The first kappa shape index (κ1) is 23.8. The van der Waals surface area contributed by atoms with E-state index in [0.29, 0.717) is 6.42 Å². The molecule has 0 aromatic carbocycles. The highest BCUT2D eigenvalue weighted by molar-refractivity contribution is 7.16. The van der Waals surface area contributed by atoms with Gasteiger partial charge < -0.3 is 5.73 Å². The van der Waals surface area contributed by atoms with Crippen LogP contribution < -0.4 is 5.73 Å². The van der Waals surface area contributed by atoms with Gasteiger partial charge in [0.1, 0.15) is 5.78 Å². The van der Waals surface area contributed by atoms with Gasteiger partial charge >= 0.3 is 0 Å². The van der Waals surface area contributed by atoms with Crippen LogP contribution in [-0.4, -0.2) is 18.0 Å². The van der Waals surface area contributed by atoms with Gasteiger partial charge in [0.2, 0.25) is 0 Å². The summed E-state index contributed by atoms with van der Waals surface area (Å²) in [7, 11) is 2.63. The quantitative estimate of drug-likeness (QED) is 0.181. The second-order valence-electron chi connectivity index (χ2n) is 6.98. The Morgan fingerprint density at radius 2 is 1.38 bits per heavy atom. The largest absolute Gasteiger partial charge is 0.321 e. The molecule has 3 heteroatoms. The lowest BCUT2D eigenvalue weighted by atomic mass is 10.0. The molecular formula is C21H42NOP. The Morgan fingerprint density at radius 3 is 1.92 bits per heavy atom. The lowest BCUT2D eigenvalue weighted by Gasteiger charge is -2.08. The van der Waals surface area contributed by atoms with E-state index in [1.54, 1.807) is 0 Å². The van der Waals surface area contributed by atoms with Gasteiger partial charge in [-0.1, -0.05) is 70.4 Å². The van der Waals surface area contributed by atoms with Crippen LogP contribution in [-0.2, 0) is 4.79 Å². The van der Waals surface area contributed by atoms with Gasteiger partial charge in [-0.25, -0.2) is 0 Å². The standard InChI is InChI=1S/C21H42NOP/c1-2-3-4-5-6-7-8-9-10-11-12-13-14-15-16-17-21(23)20(22)18-19-24/h9-10,20H,2-8,11-19,22,24H2,1H3/b10-9-. The Bertz CT molecular complexity index is 304. The van der Waals surface area contributed by atoms with Gasteiger partial charge in [-0.15, -0.1) is 9.24 Å². The predicted octanol–water partition coefficient (Wildman–Crippen LogP) is 6.19. The minimum absolute atomic E-state index is 0.237. The number of hydrogen-bond acceptors (Lipinski definition) is 2. The van der Waals surface area contributed by atoms with E-state index in [1.807, 2.05) is 0 Å². The third kappa shape index (κ3) is 16.7. The van der Waals surface area contributed by atoms with Gasteiger partial charge in [0.25, 0.3) is 0 Å². The van der Waals surface area contributed by atoms with Crippen molar-refractivity contribution < 1.29 is 4.79 Å². The molecule has 2 N–H and O–H groups in total. The molecule has 0 aliphatic heterocycles. The van der Waals surface area contributed by atoms with Crippen molar-refractivity contribution in [3.63, 3.8) is 0 Å². The molecule has 2 nitrogen and oxygen atoms in total. The van der Waals surface area contributed by atoms with Gasteiger partial charge in [-0.2, -0.15) is 0 Å². The van der Waals surface area contributed by atoms with Crippen LogP contribution in [0.15, 0.2) is 12.2 Å². The zero-order chi connectivity index (χ0) is 17.9. The molecule has 0 saturated carbocycles. The lowest BCUT2D eigenvalue weighted by Crippen LogP contribution is -2.30. The van der Waals surface area contributed by atoms with Crippen LogP contribution in [0.2, 0.25) is 0 Å². The van der Waals surface area contributed by atoms with Crippen LogP contribution in [0, 0.1) is 0 Å². The number of allylic oxidation sites excluding steroid dienone is 2. The monoisotopic (exact) mass is 355 g/mol. The smallest absolute Gasteiger partial charge is 0.149 e. The maximum absolute atomic E-state index is 11.7. The van der Waals surface area contributed by atoms with Crippen molar-refractivity contribution in [2.45, 2.75) is 109 Å². The molecule has 0 aliphatic rings. The first-order valence-corrected chi connectivity index (χ1v) is 11.2. The topological polar surface area (TPSA) is 43.1 Å². The molecule has 0 aromatic rings. The summed E-state index contributed by atoms with van der Waals surface area (Å²) in [5.41, 5.74) is 5.82. The second-order valence-corrected chi connectivity index (χ2v) is 7.56. The number of carbonyl (C=O) groups is 1. The minimum Gasteiger partial charge on any atom is -0.321 e. The highest BCUT2D eigenvalue weighted by Crippen LogP contribution is 2.10. The molecule has 24 heavy (non-hydrogen) atoms.